The molecule has 2 rings (SSSR count). The second-order valence-corrected chi connectivity index (χ2v) is 3.94. The van der Waals surface area contributed by atoms with Crippen molar-refractivity contribution in [1.82, 2.24) is 4.98 Å². The van der Waals surface area contributed by atoms with Gasteiger partial charge in [0.2, 0.25) is 0 Å². The largest absolute Gasteiger partial charge is 0.480 e. The van der Waals surface area contributed by atoms with Gasteiger partial charge >= 0.3 is 5.97 Å². The second-order valence-electron chi connectivity index (χ2n) is 3.94. The van der Waals surface area contributed by atoms with Gasteiger partial charge in [-0.1, -0.05) is 6.07 Å². The van der Waals surface area contributed by atoms with E-state index in [2.05, 4.69) is 4.98 Å². The molecule has 88 valence electrons. The number of carboxylic acid groups (broad SMARTS) is 1. The van der Waals surface area contributed by atoms with Gasteiger partial charge in [0, 0.05) is 11.1 Å². The number of pyridine rings is 1. The molecule has 0 aliphatic heterocycles. The minimum atomic E-state index is -1.08. The van der Waals surface area contributed by atoms with Gasteiger partial charge in [-0.15, -0.1) is 0 Å². The number of nitrogens with two attached hydrogens (primary N) is 1. The summed E-state index contributed by atoms with van der Waals surface area (Å²) in [5.74, 6) is -1.08. The molecule has 17 heavy (non-hydrogen) atoms. The van der Waals surface area contributed by atoms with E-state index in [9.17, 15) is 9.59 Å². The van der Waals surface area contributed by atoms with E-state index in [-0.39, 0.29) is 5.56 Å². The number of hydrogen-bond donors (Lipinski definition) is 3. The lowest BCUT2D eigenvalue weighted by Crippen LogP contribution is -2.20. The van der Waals surface area contributed by atoms with Crippen molar-refractivity contribution >= 4 is 16.9 Å². The van der Waals surface area contributed by atoms with E-state index in [1.807, 2.05) is 0 Å². The third kappa shape index (κ3) is 2.05. The highest BCUT2D eigenvalue weighted by atomic mass is 16.4. The first-order chi connectivity index (χ1) is 7.99. The Hall–Kier alpha value is -2.14. The summed E-state index contributed by atoms with van der Waals surface area (Å²) in [7, 11) is 0. The zero-order valence-corrected chi connectivity index (χ0v) is 9.23. The highest BCUT2D eigenvalue weighted by Crippen LogP contribution is 2.17. The van der Waals surface area contributed by atoms with Crippen molar-refractivity contribution in [2.24, 2.45) is 5.73 Å². The fourth-order valence-electron chi connectivity index (χ4n) is 1.67. The number of aryl methyl sites for hydroxylation is 1. The molecule has 5 nitrogen and oxygen atoms in total. The summed E-state index contributed by atoms with van der Waals surface area (Å²) in [6, 6.07) is 5.61. The van der Waals surface area contributed by atoms with Crippen LogP contribution in [0.25, 0.3) is 10.9 Å². The molecule has 0 radical (unpaired) electrons. The lowest BCUT2D eigenvalue weighted by Gasteiger charge is -2.08. The van der Waals surface area contributed by atoms with Crippen LogP contribution in [0.15, 0.2) is 29.1 Å². The molecule has 0 aliphatic carbocycles. The Morgan fingerprint density at radius 2 is 2.12 bits per heavy atom. The van der Waals surface area contributed by atoms with Crippen molar-refractivity contribution in [2.75, 3.05) is 0 Å². The topological polar surface area (TPSA) is 96.2 Å². The minimum absolute atomic E-state index is 0.146. The van der Waals surface area contributed by atoms with Crippen LogP contribution >= 0.6 is 0 Å². The van der Waals surface area contributed by atoms with Crippen LogP contribution in [-0.4, -0.2) is 16.1 Å². The van der Waals surface area contributed by atoms with Gasteiger partial charge in [0.25, 0.3) is 5.56 Å². The van der Waals surface area contributed by atoms with Crippen molar-refractivity contribution in [3.63, 3.8) is 0 Å². The van der Waals surface area contributed by atoms with E-state index >= 15 is 0 Å². The normalized spacial score (nSPS) is 12.6. The molecular formula is C12H12N2O3. The number of aliphatic carboxylic acids is 1. The smallest absolute Gasteiger partial charge is 0.325 e. The van der Waals surface area contributed by atoms with Crippen molar-refractivity contribution in [2.45, 2.75) is 13.0 Å². The maximum Gasteiger partial charge on any atom is 0.325 e. The monoisotopic (exact) mass is 232 g/mol. The highest BCUT2D eigenvalue weighted by molar-refractivity contribution is 5.82. The summed E-state index contributed by atoms with van der Waals surface area (Å²) in [6.45, 7) is 1.70. The fraction of sp³-hybridized carbons (Fsp3) is 0.167. The van der Waals surface area contributed by atoms with Gasteiger partial charge in [-0.05, 0) is 36.1 Å². The van der Waals surface area contributed by atoms with Crippen molar-refractivity contribution < 1.29 is 9.90 Å². The molecular weight excluding hydrogens is 220 g/mol. The number of aromatic amines is 1. The maximum atomic E-state index is 11.4. The van der Waals surface area contributed by atoms with Crippen LogP contribution in [0.5, 0.6) is 0 Å². The van der Waals surface area contributed by atoms with Crippen molar-refractivity contribution in [3.05, 3.63) is 45.7 Å². The van der Waals surface area contributed by atoms with E-state index in [4.69, 9.17) is 10.8 Å². The zero-order valence-electron chi connectivity index (χ0n) is 9.23. The van der Waals surface area contributed by atoms with E-state index in [0.29, 0.717) is 16.6 Å². The number of carboxylic acids is 1. The van der Waals surface area contributed by atoms with Crippen molar-refractivity contribution in [3.8, 4) is 0 Å². The first-order valence-electron chi connectivity index (χ1n) is 5.11. The van der Waals surface area contributed by atoms with Crippen LogP contribution in [0.2, 0.25) is 0 Å². The zero-order chi connectivity index (χ0) is 12.6. The number of benzene rings is 1. The molecule has 1 atom stereocenters. The average Bonchev–Trinajstić information content (AvgIpc) is 2.29. The van der Waals surface area contributed by atoms with Crippen LogP contribution in [-0.2, 0) is 4.79 Å². The van der Waals surface area contributed by atoms with Crippen LogP contribution in [0.1, 0.15) is 17.2 Å². The number of aromatic nitrogens is 1. The van der Waals surface area contributed by atoms with Gasteiger partial charge < -0.3 is 15.8 Å². The van der Waals surface area contributed by atoms with Crippen LogP contribution in [0.3, 0.4) is 0 Å². The van der Waals surface area contributed by atoms with E-state index in [1.165, 1.54) is 0 Å². The van der Waals surface area contributed by atoms with Gasteiger partial charge in [0.15, 0.2) is 0 Å². The molecule has 0 saturated carbocycles. The van der Waals surface area contributed by atoms with E-state index in [0.717, 1.165) is 5.39 Å². The van der Waals surface area contributed by atoms with E-state index < -0.39 is 12.0 Å². The molecule has 2 aromatic rings. The van der Waals surface area contributed by atoms with Crippen molar-refractivity contribution in [1.29, 1.82) is 0 Å². The Labute approximate surface area is 96.9 Å². The Morgan fingerprint density at radius 3 is 2.76 bits per heavy atom. The molecule has 0 saturated heterocycles. The Balaban J connectivity index is 2.61. The molecule has 0 spiro atoms. The highest BCUT2D eigenvalue weighted by Gasteiger charge is 2.14. The number of fused-ring (bicyclic) bond motifs is 1. The molecule has 1 aromatic carbocycles. The molecule has 0 aliphatic rings. The summed E-state index contributed by atoms with van der Waals surface area (Å²) in [5, 5.41) is 9.60. The number of hydrogen-bond acceptors (Lipinski definition) is 3. The third-order valence-corrected chi connectivity index (χ3v) is 2.68. The fourth-order valence-corrected chi connectivity index (χ4v) is 1.67. The standard InChI is InChI=1S/C12H12N2O3/c1-6-4-8-5-7(10(13)12(16)17)2-3-9(8)14-11(6)15/h2-5,10H,13H2,1H3,(H,14,15)(H,16,17). The molecule has 0 bridgehead atoms. The van der Waals surface area contributed by atoms with Crippen LogP contribution in [0, 0.1) is 6.92 Å². The number of nitrogens with one attached hydrogen (secondary N) is 1. The van der Waals surface area contributed by atoms with E-state index in [1.54, 1.807) is 31.2 Å². The Morgan fingerprint density at radius 1 is 1.41 bits per heavy atom. The molecule has 1 aromatic heterocycles. The molecule has 0 fully saturated rings. The summed E-state index contributed by atoms with van der Waals surface area (Å²) >= 11 is 0. The minimum Gasteiger partial charge on any atom is -0.480 e. The second kappa shape index (κ2) is 4.03. The number of carbonyl (C=O) groups is 1. The molecule has 0 amide bonds. The van der Waals surface area contributed by atoms with Crippen LogP contribution in [0.4, 0.5) is 0 Å². The summed E-state index contributed by atoms with van der Waals surface area (Å²) in [5.41, 5.74) is 7.14. The first kappa shape index (κ1) is 11.3. The average molecular weight is 232 g/mol. The Bertz CT molecular complexity index is 646. The third-order valence-electron chi connectivity index (χ3n) is 2.68. The first-order valence-corrected chi connectivity index (χ1v) is 5.11. The molecule has 1 heterocycles. The number of rotatable bonds is 2. The van der Waals surface area contributed by atoms with Gasteiger partial charge in [0.1, 0.15) is 6.04 Å². The quantitative estimate of drug-likeness (QED) is 0.717. The summed E-state index contributed by atoms with van der Waals surface area (Å²) in [4.78, 5) is 24.9. The summed E-state index contributed by atoms with van der Waals surface area (Å²) in [6.07, 6.45) is 0. The summed E-state index contributed by atoms with van der Waals surface area (Å²) < 4.78 is 0. The van der Waals surface area contributed by atoms with Crippen LogP contribution < -0.4 is 11.3 Å². The molecule has 4 N–H and O–H groups in total. The molecule has 5 heteroatoms. The van der Waals surface area contributed by atoms with Gasteiger partial charge in [0.05, 0.1) is 0 Å². The van der Waals surface area contributed by atoms with Gasteiger partial charge in [-0.2, -0.15) is 0 Å². The number of H-pyrrole nitrogens is 1. The Kier molecular flexibility index (Phi) is 2.69. The predicted molar refractivity (Wildman–Crippen MR) is 63.9 cm³/mol. The van der Waals surface area contributed by atoms with Gasteiger partial charge in [-0.3, -0.25) is 9.59 Å². The maximum absolute atomic E-state index is 11.4. The predicted octanol–water partition coefficient (Wildman–Crippen LogP) is 0.921. The molecule has 1 unspecified atom stereocenters. The SMILES string of the molecule is Cc1cc2cc(C(N)C(=O)O)ccc2[nH]c1=O. The lowest BCUT2D eigenvalue weighted by atomic mass is 10.0. The van der Waals surface area contributed by atoms with Gasteiger partial charge in [-0.25, -0.2) is 0 Å². The lowest BCUT2D eigenvalue weighted by molar-refractivity contribution is -0.138.